The lowest BCUT2D eigenvalue weighted by atomic mass is 9.87. The second-order valence-electron chi connectivity index (χ2n) is 5.28. The number of hydrogen-bond acceptors (Lipinski definition) is 3. The third-order valence-corrected chi connectivity index (χ3v) is 3.76. The summed E-state index contributed by atoms with van der Waals surface area (Å²) in [5.41, 5.74) is 8.55. The molecular weight excluding hydrogens is 210 g/mol. The molecule has 0 aliphatic carbocycles. The maximum absolute atomic E-state index is 5.99. The van der Waals surface area contributed by atoms with E-state index in [1.54, 1.807) is 0 Å². The highest BCUT2D eigenvalue weighted by atomic mass is 15.1. The van der Waals surface area contributed by atoms with Crippen LogP contribution in [0.15, 0.2) is 24.3 Å². The number of nitrogens with two attached hydrogens (primary N) is 1. The summed E-state index contributed by atoms with van der Waals surface area (Å²) < 4.78 is 0. The molecule has 94 valence electrons. The van der Waals surface area contributed by atoms with Gasteiger partial charge < -0.3 is 16.0 Å². The highest BCUT2D eigenvalue weighted by Gasteiger charge is 2.32. The first-order valence-electron chi connectivity index (χ1n) is 6.37. The van der Waals surface area contributed by atoms with Gasteiger partial charge in [0.05, 0.1) is 5.54 Å². The standard InChI is InChI=1S/C14H23N3/c1-12-4-3-5-13(10-12)16-14(11-15)6-8-17(2)9-7-14/h3-5,10,16H,6-9,11,15H2,1-2H3. The van der Waals surface area contributed by atoms with Crippen LogP contribution in [0.25, 0.3) is 0 Å². The minimum Gasteiger partial charge on any atom is -0.378 e. The Morgan fingerprint density at radius 2 is 2.06 bits per heavy atom. The van der Waals surface area contributed by atoms with Crippen molar-refractivity contribution in [3.63, 3.8) is 0 Å². The van der Waals surface area contributed by atoms with Crippen molar-refractivity contribution in [2.24, 2.45) is 5.73 Å². The first kappa shape index (κ1) is 12.4. The summed E-state index contributed by atoms with van der Waals surface area (Å²) in [6.07, 6.45) is 2.24. The van der Waals surface area contributed by atoms with Gasteiger partial charge >= 0.3 is 0 Å². The summed E-state index contributed by atoms with van der Waals surface area (Å²) in [4.78, 5) is 2.37. The van der Waals surface area contributed by atoms with Crippen LogP contribution >= 0.6 is 0 Å². The van der Waals surface area contributed by atoms with E-state index in [0.717, 1.165) is 25.9 Å². The van der Waals surface area contributed by atoms with Crippen molar-refractivity contribution in [2.45, 2.75) is 25.3 Å². The fraction of sp³-hybridized carbons (Fsp3) is 0.571. The molecule has 17 heavy (non-hydrogen) atoms. The Morgan fingerprint density at radius 3 is 2.65 bits per heavy atom. The number of benzene rings is 1. The zero-order valence-corrected chi connectivity index (χ0v) is 10.9. The predicted octanol–water partition coefficient (Wildman–Crippen LogP) is 1.83. The maximum Gasteiger partial charge on any atom is 0.0520 e. The van der Waals surface area contributed by atoms with E-state index in [9.17, 15) is 0 Å². The van der Waals surface area contributed by atoms with Gasteiger partial charge in [-0.2, -0.15) is 0 Å². The number of nitrogens with zero attached hydrogens (tertiary/aromatic N) is 1. The van der Waals surface area contributed by atoms with E-state index in [4.69, 9.17) is 5.73 Å². The van der Waals surface area contributed by atoms with Crippen LogP contribution in [0.3, 0.4) is 0 Å². The Hall–Kier alpha value is -1.06. The normalized spacial score (nSPS) is 20.2. The second-order valence-corrected chi connectivity index (χ2v) is 5.28. The van der Waals surface area contributed by atoms with E-state index in [1.165, 1.54) is 11.3 Å². The summed E-state index contributed by atoms with van der Waals surface area (Å²) in [5, 5.41) is 3.65. The van der Waals surface area contributed by atoms with Crippen LogP contribution in [0, 0.1) is 6.92 Å². The van der Waals surface area contributed by atoms with Crippen LogP contribution in [-0.4, -0.2) is 37.1 Å². The molecule has 1 aromatic rings. The molecule has 3 nitrogen and oxygen atoms in total. The molecule has 0 saturated carbocycles. The molecule has 1 fully saturated rings. The van der Waals surface area contributed by atoms with Crippen LogP contribution < -0.4 is 11.1 Å². The molecule has 1 aromatic carbocycles. The summed E-state index contributed by atoms with van der Waals surface area (Å²) in [7, 11) is 2.17. The number of aryl methyl sites for hydroxylation is 1. The van der Waals surface area contributed by atoms with E-state index < -0.39 is 0 Å². The van der Waals surface area contributed by atoms with E-state index in [0.29, 0.717) is 6.54 Å². The quantitative estimate of drug-likeness (QED) is 0.837. The second kappa shape index (κ2) is 5.07. The maximum atomic E-state index is 5.99. The summed E-state index contributed by atoms with van der Waals surface area (Å²) in [5.74, 6) is 0. The molecule has 0 spiro atoms. The molecule has 0 amide bonds. The van der Waals surface area contributed by atoms with Crippen molar-refractivity contribution in [3.8, 4) is 0 Å². The molecule has 0 aromatic heterocycles. The van der Waals surface area contributed by atoms with Gasteiger partial charge in [-0.3, -0.25) is 0 Å². The van der Waals surface area contributed by atoms with Gasteiger partial charge in [-0.05, 0) is 44.5 Å². The molecule has 0 unspecified atom stereocenters. The largest absolute Gasteiger partial charge is 0.378 e. The lowest BCUT2D eigenvalue weighted by Crippen LogP contribution is -2.52. The zero-order valence-electron chi connectivity index (χ0n) is 10.9. The zero-order chi connectivity index (χ0) is 12.3. The van der Waals surface area contributed by atoms with Crippen LogP contribution in [0.4, 0.5) is 5.69 Å². The molecule has 3 heteroatoms. The Kier molecular flexibility index (Phi) is 3.69. The third kappa shape index (κ3) is 2.99. The highest BCUT2D eigenvalue weighted by Crippen LogP contribution is 2.26. The fourth-order valence-corrected chi connectivity index (χ4v) is 2.46. The average molecular weight is 233 g/mol. The fourth-order valence-electron chi connectivity index (χ4n) is 2.46. The molecule has 1 saturated heterocycles. The van der Waals surface area contributed by atoms with Crippen molar-refractivity contribution < 1.29 is 0 Å². The number of hydrogen-bond donors (Lipinski definition) is 2. The van der Waals surface area contributed by atoms with Crippen LogP contribution in [-0.2, 0) is 0 Å². The first-order chi connectivity index (χ1) is 8.13. The minimum absolute atomic E-state index is 0.0836. The van der Waals surface area contributed by atoms with Crippen molar-refractivity contribution in [3.05, 3.63) is 29.8 Å². The van der Waals surface area contributed by atoms with Gasteiger partial charge in [-0.25, -0.2) is 0 Å². The average Bonchev–Trinajstić information content (AvgIpc) is 2.33. The number of nitrogens with one attached hydrogen (secondary N) is 1. The molecule has 1 heterocycles. The van der Waals surface area contributed by atoms with Gasteiger partial charge in [-0.1, -0.05) is 12.1 Å². The van der Waals surface area contributed by atoms with Gasteiger partial charge in [0, 0.05) is 25.3 Å². The minimum atomic E-state index is 0.0836. The third-order valence-electron chi connectivity index (χ3n) is 3.76. The molecule has 0 radical (unpaired) electrons. The highest BCUT2D eigenvalue weighted by molar-refractivity contribution is 5.48. The van der Waals surface area contributed by atoms with Crippen molar-refractivity contribution in [2.75, 3.05) is 32.0 Å². The molecule has 1 aliphatic heterocycles. The van der Waals surface area contributed by atoms with E-state index in [2.05, 4.69) is 48.5 Å². The first-order valence-corrected chi connectivity index (χ1v) is 6.37. The lowest BCUT2D eigenvalue weighted by molar-refractivity contribution is 0.209. The number of piperidine rings is 1. The van der Waals surface area contributed by atoms with Crippen LogP contribution in [0.1, 0.15) is 18.4 Å². The molecule has 1 aliphatic rings. The van der Waals surface area contributed by atoms with Gasteiger partial charge in [0.25, 0.3) is 0 Å². The molecule has 0 atom stereocenters. The Bertz CT molecular complexity index is 367. The lowest BCUT2D eigenvalue weighted by Gasteiger charge is -2.41. The molecular formula is C14H23N3. The number of rotatable bonds is 3. The van der Waals surface area contributed by atoms with Gasteiger partial charge in [0.2, 0.25) is 0 Å². The number of anilines is 1. The topological polar surface area (TPSA) is 41.3 Å². The van der Waals surface area contributed by atoms with Crippen LogP contribution in [0.2, 0.25) is 0 Å². The van der Waals surface area contributed by atoms with Gasteiger partial charge in [0.1, 0.15) is 0 Å². The van der Waals surface area contributed by atoms with E-state index >= 15 is 0 Å². The molecule has 2 rings (SSSR count). The summed E-state index contributed by atoms with van der Waals surface area (Å²) >= 11 is 0. The van der Waals surface area contributed by atoms with Crippen molar-refractivity contribution in [1.82, 2.24) is 4.90 Å². The Balaban J connectivity index is 2.09. The summed E-state index contributed by atoms with van der Waals surface area (Å²) in [6, 6.07) is 8.53. The Morgan fingerprint density at radius 1 is 1.35 bits per heavy atom. The van der Waals surface area contributed by atoms with E-state index in [1.807, 2.05) is 0 Å². The van der Waals surface area contributed by atoms with E-state index in [-0.39, 0.29) is 5.54 Å². The van der Waals surface area contributed by atoms with Gasteiger partial charge in [-0.15, -0.1) is 0 Å². The Labute approximate surface area is 104 Å². The molecule has 3 N–H and O–H groups in total. The predicted molar refractivity (Wildman–Crippen MR) is 73.3 cm³/mol. The monoisotopic (exact) mass is 233 g/mol. The van der Waals surface area contributed by atoms with Gasteiger partial charge in [0.15, 0.2) is 0 Å². The summed E-state index contributed by atoms with van der Waals surface area (Å²) in [6.45, 7) is 5.07. The van der Waals surface area contributed by atoms with Crippen molar-refractivity contribution >= 4 is 5.69 Å². The number of likely N-dealkylation sites (tertiary alicyclic amines) is 1. The smallest absolute Gasteiger partial charge is 0.0520 e. The SMILES string of the molecule is Cc1cccc(NC2(CN)CCN(C)CC2)c1. The van der Waals surface area contributed by atoms with Crippen LogP contribution in [0.5, 0.6) is 0 Å². The van der Waals surface area contributed by atoms with Crippen molar-refractivity contribution in [1.29, 1.82) is 0 Å². The molecule has 0 bridgehead atoms.